The Morgan fingerprint density at radius 2 is 0.750 bits per heavy atom. The summed E-state index contributed by atoms with van der Waals surface area (Å²) in [4.78, 5) is 10.0. The second-order valence-corrected chi connectivity index (χ2v) is 15.6. The van der Waals surface area contributed by atoms with Gasteiger partial charge in [-0.15, -0.1) is 22.7 Å². The Hall–Kier alpha value is -5.94. The van der Waals surface area contributed by atoms with Gasteiger partial charge in [0, 0.05) is 51.7 Å². The molecular formula is C48H32N2S2. The Kier molecular flexibility index (Phi) is 7.34. The van der Waals surface area contributed by atoms with Crippen LogP contribution in [0.5, 0.6) is 0 Å². The third kappa shape index (κ3) is 5.31. The lowest BCUT2D eigenvalue weighted by molar-refractivity contribution is 1.15. The van der Waals surface area contributed by atoms with E-state index >= 15 is 0 Å². The zero-order valence-corrected chi connectivity index (χ0v) is 30.4. The number of hydrogen-bond acceptors (Lipinski definition) is 4. The van der Waals surface area contributed by atoms with Gasteiger partial charge >= 0.3 is 0 Å². The molecule has 0 bridgehead atoms. The molecule has 0 saturated carbocycles. The molecule has 10 aromatic rings. The van der Waals surface area contributed by atoms with Crippen LogP contribution in [0.3, 0.4) is 0 Å². The van der Waals surface area contributed by atoms with Gasteiger partial charge in [-0.3, -0.25) is 9.97 Å². The maximum atomic E-state index is 5.01. The van der Waals surface area contributed by atoms with Gasteiger partial charge in [0.2, 0.25) is 0 Å². The van der Waals surface area contributed by atoms with Gasteiger partial charge in [0.15, 0.2) is 0 Å². The fourth-order valence-electron chi connectivity index (χ4n) is 7.61. The van der Waals surface area contributed by atoms with Gasteiger partial charge in [0.05, 0.1) is 11.4 Å². The number of rotatable bonds is 5. The molecule has 0 aliphatic carbocycles. The standard InChI is InChI=1S/C48H32N2S2/c1-29-23-35(31-11-7-13-33(25-31)37-17-9-19-41-39-15-3-5-21-45(39)51-47(37)41)27-43(49-29)44-28-36(24-30(2)50-44)32-12-8-14-34(26-32)38-18-10-20-42-40-16-4-6-22-46(40)52-48(38)42/h3-28H,1-2H3. The maximum Gasteiger partial charge on any atom is 0.0895 e. The van der Waals surface area contributed by atoms with Crippen LogP contribution in [0.1, 0.15) is 11.4 Å². The molecule has 52 heavy (non-hydrogen) atoms. The van der Waals surface area contributed by atoms with Gasteiger partial charge in [-0.25, -0.2) is 0 Å². The van der Waals surface area contributed by atoms with Gasteiger partial charge in [-0.05, 0) is 107 Å². The minimum absolute atomic E-state index is 0.878. The fourth-order valence-corrected chi connectivity index (χ4v) is 10.1. The predicted octanol–water partition coefficient (Wildman–Crippen LogP) is 14.2. The van der Waals surface area contributed by atoms with E-state index in [1.807, 2.05) is 22.7 Å². The van der Waals surface area contributed by atoms with E-state index in [0.717, 1.165) is 33.9 Å². The zero-order chi connectivity index (χ0) is 34.8. The Balaban J connectivity index is 1.03. The SMILES string of the molecule is Cc1cc(-c2cccc(-c3cccc4c3sc3ccccc34)c2)cc(-c2cc(-c3cccc(-c4cccc5c4sc4ccccc45)c3)cc(C)n2)n1. The van der Waals surface area contributed by atoms with Crippen molar-refractivity contribution in [2.45, 2.75) is 13.8 Å². The molecule has 246 valence electrons. The average molecular weight is 701 g/mol. The average Bonchev–Trinajstić information content (AvgIpc) is 3.76. The summed E-state index contributed by atoms with van der Waals surface area (Å²) in [5, 5.41) is 5.27. The van der Waals surface area contributed by atoms with Crippen LogP contribution in [0.25, 0.3) is 96.2 Å². The number of nitrogens with zero attached hydrogens (tertiary/aromatic N) is 2. The summed E-state index contributed by atoms with van der Waals surface area (Å²) in [7, 11) is 0. The van der Waals surface area contributed by atoms with E-state index in [2.05, 4.69) is 172 Å². The highest BCUT2D eigenvalue weighted by Gasteiger charge is 2.15. The van der Waals surface area contributed by atoms with Crippen molar-refractivity contribution in [3.8, 4) is 55.9 Å². The third-order valence-electron chi connectivity index (χ3n) is 9.99. The maximum absolute atomic E-state index is 5.01. The van der Waals surface area contributed by atoms with E-state index in [0.29, 0.717) is 0 Å². The fraction of sp³-hybridized carbons (Fsp3) is 0.0417. The van der Waals surface area contributed by atoms with Crippen molar-refractivity contribution in [3.63, 3.8) is 0 Å². The van der Waals surface area contributed by atoms with Crippen molar-refractivity contribution in [3.05, 3.63) is 169 Å². The summed E-state index contributed by atoms with van der Waals surface area (Å²) < 4.78 is 5.30. The first kappa shape index (κ1) is 30.8. The summed E-state index contributed by atoms with van der Waals surface area (Å²) >= 11 is 3.74. The van der Waals surface area contributed by atoms with Gasteiger partial charge < -0.3 is 0 Å². The Morgan fingerprint density at radius 1 is 0.346 bits per heavy atom. The third-order valence-corrected chi connectivity index (χ3v) is 12.4. The Labute approximate surface area is 310 Å². The van der Waals surface area contributed by atoms with Crippen LogP contribution in [0, 0.1) is 13.8 Å². The molecule has 0 unspecified atom stereocenters. The van der Waals surface area contributed by atoms with Crippen LogP contribution in [0.4, 0.5) is 0 Å². The first-order valence-electron chi connectivity index (χ1n) is 17.6. The van der Waals surface area contributed by atoms with Crippen LogP contribution in [-0.4, -0.2) is 9.97 Å². The van der Waals surface area contributed by atoms with E-state index in [4.69, 9.17) is 9.97 Å². The highest BCUT2D eigenvalue weighted by molar-refractivity contribution is 7.26. The smallest absolute Gasteiger partial charge is 0.0895 e. The van der Waals surface area contributed by atoms with Crippen LogP contribution in [-0.2, 0) is 0 Å². The van der Waals surface area contributed by atoms with Gasteiger partial charge in [0.25, 0.3) is 0 Å². The Morgan fingerprint density at radius 3 is 1.23 bits per heavy atom. The van der Waals surface area contributed by atoms with Gasteiger partial charge in [-0.2, -0.15) is 0 Å². The van der Waals surface area contributed by atoms with Gasteiger partial charge in [0.1, 0.15) is 0 Å². The number of aryl methyl sites for hydroxylation is 2. The molecule has 0 N–H and O–H groups in total. The zero-order valence-electron chi connectivity index (χ0n) is 28.7. The largest absolute Gasteiger partial charge is 0.251 e. The molecule has 4 heteroatoms. The molecule has 10 rings (SSSR count). The molecule has 0 radical (unpaired) electrons. The Bertz CT molecular complexity index is 2800. The molecule has 0 fully saturated rings. The molecule has 0 aliphatic heterocycles. The number of hydrogen-bond donors (Lipinski definition) is 0. The van der Waals surface area contributed by atoms with Crippen molar-refractivity contribution < 1.29 is 0 Å². The lowest BCUT2D eigenvalue weighted by Crippen LogP contribution is -1.95. The van der Waals surface area contributed by atoms with E-state index in [-0.39, 0.29) is 0 Å². The lowest BCUT2D eigenvalue weighted by Gasteiger charge is -2.12. The number of pyridine rings is 2. The van der Waals surface area contributed by atoms with E-state index in [1.54, 1.807) is 0 Å². The molecule has 0 spiro atoms. The predicted molar refractivity (Wildman–Crippen MR) is 224 cm³/mol. The number of benzene rings is 6. The van der Waals surface area contributed by atoms with Crippen LogP contribution < -0.4 is 0 Å². The minimum Gasteiger partial charge on any atom is -0.251 e. The normalized spacial score (nSPS) is 11.7. The summed E-state index contributed by atoms with van der Waals surface area (Å²) in [6, 6.07) is 57.3. The summed E-state index contributed by atoms with van der Waals surface area (Å²) in [6.45, 7) is 4.15. The molecule has 4 aromatic heterocycles. The van der Waals surface area contributed by atoms with Crippen molar-refractivity contribution in [1.29, 1.82) is 0 Å². The topological polar surface area (TPSA) is 25.8 Å². The van der Waals surface area contributed by atoms with E-state index in [1.165, 1.54) is 73.7 Å². The van der Waals surface area contributed by atoms with Crippen molar-refractivity contribution >= 4 is 63.0 Å². The van der Waals surface area contributed by atoms with Gasteiger partial charge in [-0.1, -0.05) is 109 Å². The van der Waals surface area contributed by atoms with E-state index in [9.17, 15) is 0 Å². The van der Waals surface area contributed by atoms with E-state index < -0.39 is 0 Å². The van der Waals surface area contributed by atoms with Crippen LogP contribution in [0.2, 0.25) is 0 Å². The molecule has 0 saturated heterocycles. The number of aromatic nitrogens is 2. The van der Waals surface area contributed by atoms with Crippen LogP contribution in [0.15, 0.2) is 158 Å². The molecule has 6 aromatic carbocycles. The summed E-state index contributed by atoms with van der Waals surface area (Å²) in [5.41, 5.74) is 13.3. The highest BCUT2D eigenvalue weighted by atomic mass is 32.1. The second-order valence-electron chi connectivity index (χ2n) is 13.5. The highest BCUT2D eigenvalue weighted by Crippen LogP contribution is 2.42. The summed E-state index contributed by atoms with van der Waals surface area (Å²) in [6.07, 6.45) is 0. The van der Waals surface area contributed by atoms with Crippen molar-refractivity contribution in [2.24, 2.45) is 0 Å². The molecule has 0 atom stereocenters. The number of thiophene rings is 2. The second kappa shape index (κ2) is 12.4. The molecule has 4 heterocycles. The van der Waals surface area contributed by atoms with Crippen molar-refractivity contribution in [1.82, 2.24) is 9.97 Å². The first-order chi connectivity index (χ1) is 25.6. The lowest BCUT2D eigenvalue weighted by atomic mass is 9.96. The number of fused-ring (bicyclic) bond motifs is 6. The first-order valence-corrected chi connectivity index (χ1v) is 19.2. The van der Waals surface area contributed by atoms with Crippen LogP contribution >= 0.6 is 22.7 Å². The summed E-state index contributed by atoms with van der Waals surface area (Å²) in [5.74, 6) is 0. The van der Waals surface area contributed by atoms with Crippen molar-refractivity contribution in [2.75, 3.05) is 0 Å². The molecule has 0 aliphatic rings. The quantitative estimate of drug-likeness (QED) is 0.179. The monoisotopic (exact) mass is 700 g/mol. The minimum atomic E-state index is 0.878. The molecular weight excluding hydrogens is 669 g/mol. The molecule has 2 nitrogen and oxygen atoms in total. The molecule has 0 amide bonds.